The number of aromatic nitrogens is 1. The van der Waals surface area contributed by atoms with Gasteiger partial charge in [-0.25, -0.2) is 0 Å². The topological polar surface area (TPSA) is 19.0 Å². The van der Waals surface area contributed by atoms with Crippen LogP contribution in [0, 0.1) is 11.8 Å². The molecule has 1 aromatic carbocycles. The number of piperidine rings is 1. The zero-order valence-corrected chi connectivity index (χ0v) is 12.0. The largest absolute Gasteiger partial charge is 0.361 e. The smallest absolute Gasteiger partial charge is 0.0457 e. The molecule has 1 fully saturated rings. The average molecular weight is 256 g/mol. The molecule has 1 aromatic heterocycles. The van der Waals surface area contributed by atoms with Gasteiger partial charge in [-0.15, -0.1) is 0 Å². The van der Waals surface area contributed by atoms with Crippen molar-refractivity contribution in [1.82, 2.24) is 9.88 Å². The fourth-order valence-electron chi connectivity index (χ4n) is 3.28. The number of nitrogens with zero attached hydrogens (tertiary/aromatic N) is 1. The Labute approximate surface area is 115 Å². The van der Waals surface area contributed by atoms with Crippen LogP contribution in [0.15, 0.2) is 30.5 Å². The number of H-pyrrole nitrogens is 1. The summed E-state index contributed by atoms with van der Waals surface area (Å²) in [6.07, 6.45) is 4.90. The molecule has 1 N–H and O–H groups in total. The van der Waals surface area contributed by atoms with Crippen LogP contribution in [-0.2, 0) is 6.54 Å². The van der Waals surface area contributed by atoms with Gasteiger partial charge in [-0.3, -0.25) is 4.90 Å². The number of para-hydroxylation sites is 1. The molecular formula is C17H24N2. The average Bonchev–Trinajstić information content (AvgIpc) is 2.83. The van der Waals surface area contributed by atoms with Gasteiger partial charge in [0.1, 0.15) is 0 Å². The Morgan fingerprint density at radius 3 is 2.68 bits per heavy atom. The summed E-state index contributed by atoms with van der Waals surface area (Å²) in [5, 5.41) is 1.38. The molecule has 0 amide bonds. The molecule has 0 unspecified atom stereocenters. The minimum atomic E-state index is 0.843. The molecule has 19 heavy (non-hydrogen) atoms. The molecule has 2 nitrogen and oxygen atoms in total. The summed E-state index contributed by atoms with van der Waals surface area (Å²) in [6, 6.07) is 8.60. The fourth-order valence-corrected chi connectivity index (χ4v) is 3.28. The summed E-state index contributed by atoms with van der Waals surface area (Å²) in [6.45, 7) is 8.32. The maximum atomic E-state index is 3.38. The van der Waals surface area contributed by atoms with Crippen LogP contribution in [0.25, 0.3) is 10.9 Å². The first-order valence-electron chi connectivity index (χ1n) is 7.51. The summed E-state index contributed by atoms with van der Waals surface area (Å²) in [5.74, 6) is 1.77. The maximum Gasteiger partial charge on any atom is 0.0457 e. The number of benzene rings is 1. The van der Waals surface area contributed by atoms with Crippen molar-refractivity contribution in [2.45, 2.75) is 33.2 Å². The second kappa shape index (κ2) is 5.38. The highest BCUT2D eigenvalue weighted by atomic mass is 15.1. The van der Waals surface area contributed by atoms with Crippen molar-refractivity contribution in [1.29, 1.82) is 0 Å². The van der Waals surface area contributed by atoms with Crippen LogP contribution >= 0.6 is 0 Å². The van der Waals surface area contributed by atoms with E-state index in [1.54, 1.807) is 0 Å². The Morgan fingerprint density at radius 2 is 1.95 bits per heavy atom. The molecule has 2 aromatic rings. The van der Waals surface area contributed by atoms with E-state index >= 15 is 0 Å². The Kier molecular flexibility index (Phi) is 3.61. The fraction of sp³-hybridized carbons (Fsp3) is 0.529. The van der Waals surface area contributed by atoms with E-state index in [0.717, 1.165) is 18.4 Å². The van der Waals surface area contributed by atoms with Gasteiger partial charge in [-0.05, 0) is 49.4 Å². The van der Waals surface area contributed by atoms with E-state index < -0.39 is 0 Å². The Bertz CT molecular complexity index is 533. The maximum absolute atomic E-state index is 3.38. The lowest BCUT2D eigenvalue weighted by Gasteiger charge is -2.33. The normalized spacial score (nSPS) is 18.5. The first-order chi connectivity index (χ1) is 9.24. The highest BCUT2D eigenvalue weighted by Crippen LogP contribution is 2.26. The molecule has 1 aliphatic heterocycles. The minimum Gasteiger partial charge on any atom is -0.361 e. The van der Waals surface area contributed by atoms with Gasteiger partial charge in [-0.1, -0.05) is 32.0 Å². The van der Waals surface area contributed by atoms with E-state index in [4.69, 9.17) is 0 Å². The van der Waals surface area contributed by atoms with Crippen molar-refractivity contribution < 1.29 is 0 Å². The molecular weight excluding hydrogens is 232 g/mol. The van der Waals surface area contributed by atoms with E-state index in [0.29, 0.717) is 0 Å². The van der Waals surface area contributed by atoms with E-state index in [2.05, 4.69) is 54.2 Å². The summed E-state index contributed by atoms with van der Waals surface area (Å²) in [5.41, 5.74) is 2.70. The van der Waals surface area contributed by atoms with Gasteiger partial charge in [0.15, 0.2) is 0 Å². The highest BCUT2D eigenvalue weighted by molar-refractivity contribution is 5.82. The minimum absolute atomic E-state index is 0.843. The van der Waals surface area contributed by atoms with Crippen LogP contribution < -0.4 is 0 Å². The van der Waals surface area contributed by atoms with Crippen LogP contribution in [0.1, 0.15) is 32.3 Å². The van der Waals surface area contributed by atoms with Crippen LogP contribution in [0.4, 0.5) is 0 Å². The molecule has 0 bridgehead atoms. The molecule has 0 aliphatic carbocycles. The number of likely N-dealkylation sites (tertiary alicyclic amines) is 1. The summed E-state index contributed by atoms with van der Waals surface area (Å²) in [4.78, 5) is 5.98. The lowest BCUT2D eigenvalue weighted by atomic mass is 9.86. The Balaban J connectivity index is 1.66. The number of hydrogen-bond donors (Lipinski definition) is 1. The third-order valence-corrected chi connectivity index (χ3v) is 4.64. The Morgan fingerprint density at radius 1 is 1.21 bits per heavy atom. The molecule has 1 aliphatic rings. The zero-order chi connectivity index (χ0) is 13.2. The SMILES string of the molecule is CC(C)C1CCN(Cc2c[nH]c3ccccc23)CC1. The van der Waals surface area contributed by atoms with Crippen molar-refractivity contribution in [2.24, 2.45) is 11.8 Å². The molecule has 102 valence electrons. The molecule has 0 saturated carbocycles. The third kappa shape index (κ3) is 2.69. The van der Waals surface area contributed by atoms with Crippen molar-refractivity contribution in [2.75, 3.05) is 13.1 Å². The number of rotatable bonds is 3. The third-order valence-electron chi connectivity index (χ3n) is 4.64. The highest BCUT2D eigenvalue weighted by Gasteiger charge is 2.21. The van der Waals surface area contributed by atoms with Gasteiger partial charge in [-0.2, -0.15) is 0 Å². The monoisotopic (exact) mass is 256 g/mol. The number of aromatic amines is 1. The summed E-state index contributed by atoms with van der Waals surface area (Å²) < 4.78 is 0. The lowest BCUT2D eigenvalue weighted by Crippen LogP contribution is -2.34. The quantitative estimate of drug-likeness (QED) is 0.878. The van der Waals surface area contributed by atoms with Gasteiger partial charge in [0.2, 0.25) is 0 Å². The molecule has 0 atom stereocenters. The van der Waals surface area contributed by atoms with Gasteiger partial charge < -0.3 is 4.98 Å². The number of fused-ring (bicyclic) bond motifs is 1. The van der Waals surface area contributed by atoms with Crippen LogP contribution in [0.5, 0.6) is 0 Å². The molecule has 3 rings (SSSR count). The first kappa shape index (κ1) is 12.7. The predicted molar refractivity (Wildman–Crippen MR) is 81.1 cm³/mol. The summed E-state index contributed by atoms with van der Waals surface area (Å²) >= 11 is 0. The van der Waals surface area contributed by atoms with E-state index in [-0.39, 0.29) is 0 Å². The standard InChI is InChI=1S/C17H24N2/c1-13(2)14-7-9-19(10-8-14)12-15-11-18-17-6-4-3-5-16(15)17/h3-6,11,13-14,18H,7-10,12H2,1-2H3. The van der Waals surface area contributed by atoms with E-state index in [1.807, 2.05) is 0 Å². The molecule has 1 saturated heterocycles. The molecule has 2 heteroatoms. The van der Waals surface area contributed by atoms with Crippen molar-refractivity contribution in [3.05, 3.63) is 36.0 Å². The van der Waals surface area contributed by atoms with Gasteiger partial charge >= 0.3 is 0 Å². The van der Waals surface area contributed by atoms with Crippen molar-refractivity contribution in [3.8, 4) is 0 Å². The van der Waals surface area contributed by atoms with Crippen LogP contribution in [-0.4, -0.2) is 23.0 Å². The summed E-state index contributed by atoms with van der Waals surface area (Å²) in [7, 11) is 0. The molecule has 2 heterocycles. The van der Waals surface area contributed by atoms with Crippen molar-refractivity contribution in [3.63, 3.8) is 0 Å². The van der Waals surface area contributed by atoms with E-state index in [1.165, 1.54) is 42.4 Å². The van der Waals surface area contributed by atoms with E-state index in [9.17, 15) is 0 Å². The second-order valence-corrected chi connectivity index (χ2v) is 6.22. The Hall–Kier alpha value is -1.28. The number of hydrogen-bond acceptors (Lipinski definition) is 1. The van der Waals surface area contributed by atoms with Crippen LogP contribution in [0.2, 0.25) is 0 Å². The zero-order valence-electron chi connectivity index (χ0n) is 12.0. The van der Waals surface area contributed by atoms with Gasteiger partial charge in [0.05, 0.1) is 0 Å². The number of nitrogens with one attached hydrogen (secondary N) is 1. The predicted octanol–water partition coefficient (Wildman–Crippen LogP) is 4.04. The van der Waals surface area contributed by atoms with Gasteiger partial charge in [0.25, 0.3) is 0 Å². The van der Waals surface area contributed by atoms with Crippen LogP contribution in [0.3, 0.4) is 0 Å². The lowest BCUT2D eigenvalue weighted by molar-refractivity contribution is 0.152. The second-order valence-electron chi connectivity index (χ2n) is 6.22. The van der Waals surface area contributed by atoms with Gasteiger partial charge in [0, 0.05) is 23.6 Å². The molecule has 0 spiro atoms. The van der Waals surface area contributed by atoms with Crippen molar-refractivity contribution >= 4 is 10.9 Å². The first-order valence-corrected chi connectivity index (χ1v) is 7.51. The molecule has 0 radical (unpaired) electrons.